The van der Waals surface area contributed by atoms with Gasteiger partial charge in [-0.2, -0.15) is 0 Å². The predicted octanol–water partition coefficient (Wildman–Crippen LogP) is 5.23. The molecule has 2 aliphatic rings. The quantitative estimate of drug-likeness (QED) is 0.204. The summed E-state index contributed by atoms with van der Waals surface area (Å²) in [7, 11) is 0. The highest BCUT2D eigenvalue weighted by Gasteiger charge is 2.33. The van der Waals surface area contributed by atoms with Crippen molar-refractivity contribution in [3.8, 4) is 5.75 Å². The Hall–Kier alpha value is -2.49. The van der Waals surface area contributed by atoms with Gasteiger partial charge in [0.15, 0.2) is 0 Å². The largest absolute Gasteiger partial charge is 0.508 e. The second-order valence-corrected chi connectivity index (χ2v) is 10.6. The van der Waals surface area contributed by atoms with Crippen LogP contribution in [0.15, 0.2) is 24.3 Å². The third-order valence-electron chi connectivity index (χ3n) is 7.17. The van der Waals surface area contributed by atoms with Gasteiger partial charge in [-0.1, -0.05) is 40.9 Å². The van der Waals surface area contributed by atoms with Crippen molar-refractivity contribution in [1.82, 2.24) is 9.80 Å². The van der Waals surface area contributed by atoms with Crippen molar-refractivity contribution in [1.29, 1.82) is 0 Å². The van der Waals surface area contributed by atoms with E-state index >= 15 is 0 Å². The molecule has 1 atom stereocenters. The van der Waals surface area contributed by atoms with Crippen LogP contribution >= 0.6 is 15.9 Å². The van der Waals surface area contributed by atoms with Crippen LogP contribution in [0.5, 0.6) is 5.75 Å². The number of hydrogen-bond donors (Lipinski definition) is 1. The highest BCUT2D eigenvalue weighted by atomic mass is 79.9. The molecule has 10 heteroatoms. The average Bonchev–Trinajstić information content (AvgIpc) is 3.61. The summed E-state index contributed by atoms with van der Waals surface area (Å²) in [5, 5.41) is 10.0. The van der Waals surface area contributed by atoms with Crippen molar-refractivity contribution in [3.63, 3.8) is 0 Å². The number of carbonyl (C=O) groups is 3. The van der Waals surface area contributed by atoms with Crippen molar-refractivity contribution < 1.29 is 33.7 Å². The van der Waals surface area contributed by atoms with Crippen molar-refractivity contribution in [3.05, 3.63) is 29.8 Å². The van der Waals surface area contributed by atoms with Gasteiger partial charge in [-0.15, -0.1) is 0 Å². The predicted molar refractivity (Wildman–Crippen MR) is 141 cm³/mol. The molecule has 0 radical (unpaired) electrons. The number of ether oxygens (including phenoxy) is 3. The summed E-state index contributed by atoms with van der Waals surface area (Å²) >= 11 is 3.24. The number of nitrogens with zero attached hydrogens (tertiary/aromatic N) is 2. The van der Waals surface area contributed by atoms with Gasteiger partial charge in [0.05, 0.1) is 6.54 Å². The van der Waals surface area contributed by atoms with E-state index in [9.17, 15) is 19.5 Å². The molecule has 2 aliphatic carbocycles. The van der Waals surface area contributed by atoms with E-state index in [1.165, 1.54) is 9.80 Å². The van der Waals surface area contributed by atoms with Crippen LogP contribution in [0, 0.1) is 5.92 Å². The molecular weight excluding hydrogens is 544 g/mol. The van der Waals surface area contributed by atoms with Crippen molar-refractivity contribution in [2.75, 3.05) is 31.6 Å². The molecule has 2 fully saturated rings. The third kappa shape index (κ3) is 9.39. The smallest absolute Gasteiger partial charge is 0.410 e. The molecule has 1 unspecified atom stereocenters. The second-order valence-electron chi connectivity index (χ2n) is 9.82. The van der Waals surface area contributed by atoms with E-state index in [1.54, 1.807) is 24.3 Å². The van der Waals surface area contributed by atoms with E-state index in [0.717, 1.165) is 56.9 Å². The minimum Gasteiger partial charge on any atom is -0.508 e. The summed E-state index contributed by atoms with van der Waals surface area (Å²) in [6.07, 6.45) is 6.95. The zero-order chi connectivity index (χ0) is 26.6. The van der Waals surface area contributed by atoms with Gasteiger partial charge >= 0.3 is 18.2 Å². The van der Waals surface area contributed by atoms with Crippen molar-refractivity contribution in [2.45, 2.75) is 77.0 Å². The van der Waals surface area contributed by atoms with Crippen LogP contribution in [0.4, 0.5) is 9.59 Å². The Labute approximate surface area is 227 Å². The molecule has 206 valence electrons. The van der Waals surface area contributed by atoms with Crippen LogP contribution in [0.1, 0.15) is 63.9 Å². The number of aromatic hydroxyl groups is 1. The average molecular weight is 584 g/mol. The highest BCUT2D eigenvalue weighted by molar-refractivity contribution is 9.09. The molecule has 0 heterocycles. The van der Waals surface area contributed by atoms with Crippen LogP contribution in [0.3, 0.4) is 0 Å². The molecule has 2 saturated carbocycles. The lowest BCUT2D eigenvalue weighted by atomic mass is 9.98. The van der Waals surface area contributed by atoms with E-state index < -0.39 is 18.2 Å². The maximum absolute atomic E-state index is 13.2. The Morgan fingerprint density at radius 2 is 1.59 bits per heavy atom. The maximum atomic E-state index is 13.2. The Bertz CT molecular complexity index is 870. The van der Waals surface area contributed by atoms with Crippen LogP contribution in [0.25, 0.3) is 0 Å². The number of benzene rings is 1. The summed E-state index contributed by atoms with van der Waals surface area (Å²) in [4.78, 5) is 41.4. The lowest BCUT2D eigenvalue weighted by Crippen LogP contribution is -2.46. The molecule has 37 heavy (non-hydrogen) atoms. The Morgan fingerprint density at radius 1 is 0.973 bits per heavy atom. The fraction of sp³-hybridized carbons (Fsp3) is 0.667. The number of phenolic OH excluding ortho intramolecular Hbond substituents is 1. The highest BCUT2D eigenvalue weighted by Crippen LogP contribution is 2.30. The van der Waals surface area contributed by atoms with Crippen molar-refractivity contribution in [2.24, 2.45) is 5.92 Å². The number of amides is 2. The lowest BCUT2D eigenvalue weighted by Gasteiger charge is -2.32. The van der Waals surface area contributed by atoms with Gasteiger partial charge in [0.2, 0.25) is 0 Å². The van der Waals surface area contributed by atoms with Gasteiger partial charge in [0.25, 0.3) is 0 Å². The maximum Gasteiger partial charge on any atom is 0.410 e. The van der Waals surface area contributed by atoms with Crippen LogP contribution in [0.2, 0.25) is 0 Å². The second kappa shape index (κ2) is 15.1. The summed E-state index contributed by atoms with van der Waals surface area (Å²) in [6.45, 7) is 2.33. The summed E-state index contributed by atoms with van der Waals surface area (Å²) in [5.41, 5.74) is 0.797. The number of alkyl halides is 1. The van der Waals surface area contributed by atoms with E-state index in [0.29, 0.717) is 11.2 Å². The first-order chi connectivity index (χ1) is 17.9. The molecule has 1 N–H and O–H groups in total. The van der Waals surface area contributed by atoms with Crippen LogP contribution < -0.4 is 0 Å². The summed E-state index contributed by atoms with van der Waals surface area (Å²) in [6, 6.07) is 6.37. The zero-order valence-corrected chi connectivity index (χ0v) is 23.2. The first-order valence-corrected chi connectivity index (χ1v) is 14.4. The molecule has 1 aromatic rings. The number of hydrogen-bond acceptors (Lipinski definition) is 7. The molecule has 0 bridgehead atoms. The Kier molecular flexibility index (Phi) is 11.8. The zero-order valence-electron chi connectivity index (χ0n) is 21.6. The monoisotopic (exact) mass is 582 g/mol. The van der Waals surface area contributed by atoms with E-state index in [1.807, 2.05) is 6.92 Å². The molecule has 2 amide bonds. The fourth-order valence-electron chi connectivity index (χ4n) is 5.04. The van der Waals surface area contributed by atoms with Gasteiger partial charge in [0.1, 0.15) is 31.6 Å². The lowest BCUT2D eigenvalue weighted by molar-refractivity contribution is -0.150. The van der Waals surface area contributed by atoms with Crippen molar-refractivity contribution >= 4 is 34.1 Å². The molecular formula is C27H39BrN2O7. The SMILES string of the molecule is CC(C1CCCC1)N(CC(=O)OC1CCCC1)C(=O)OCCN(Cc1ccc(O)cc1)C(=O)OCCBr. The number of esters is 1. The Morgan fingerprint density at radius 3 is 2.24 bits per heavy atom. The Balaban J connectivity index is 1.60. The normalized spacial score (nSPS) is 16.8. The van der Waals surface area contributed by atoms with Gasteiger partial charge in [-0.25, -0.2) is 9.59 Å². The van der Waals surface area contributed by atoms with E-state index in [2.05, 4.69) is 15.9 Å². The van der Waals surface area contributed by atoms with Gasteiger partial charge in [0, 0.05) is 17.9 Å². The third-order valence-corrected chi connectivity index (χ3v) is 7.49. The minimum absolute atomic E-state index is 0.0497. The van der Waals surface area contributed by atoms with E-state index in [-0.39, 0.29) is 50.7 Å². The minimum atomic E-state index is -0.582. The van der Waals surface area contributed by atoms with Gasteiger partial charge in [-0.05, 0) is 69.1 Å². The number of carbonyl (C=O) groups excluding carboxylic acids is 3. The topological polar surface area (TPSA) is 106 Å². The summed E-state index contributed by atoms with van der Waals surface area (Å²) in [5.74, 6) is 0.0482. The number of halogens is 1. The molecule has 1 aromatic carbocycles. The molecule has 0 aliphatic heterocycles. The van der Waals surface area contributed by atoms with Gasteiger partial charge in [-0.3, -0.25) is 9.69 Å². The van der Waals surface area contributed by atoms with Crippen LogP contribution in [-0.2, 0) is 25.5 Å². The van der Waals surface area contributed by atoms with Gasteiger partial charge < -0.3 is 24.2 Å². The first-order valence-electron chi connectivity index (χ1n) is 13.3. The van der Waals surface area contributed by atoms with E-state index in [4.69, 9.17) is 14.2 Å². The molecule has 0 saturated heterocycles. The molecule has 0 spiro atoms. The number of rotatable bonds is 12. The van der Waals surface area contributed by atoms with Crippen LogP contribution in [-0.4, -0.2) is 76.8 Å². The standard InChI is InChI=1S/C27H39BrN2O7/c1-20(22-6-2-3-7-22)30(19-25(32)37-24-8-4-5-9-24)27(34)36-17-15-29(26(33)35-16-14-28)18-21-10-12-23(31)13-11-21/h10-13,20,22,24,31H,2-9,14-19H2,1H3. The molecule has 0 aromatic heterocycles. The first kappa shape index (κ1) is 29.1. The fourth-order valence-corrected chi connectivity index (χ4v) is 5.20. The molecule has 9 nitrogen and oxygen atoms in total. The number of phenols is 1. The summed E-state index contributed by atoms with van der Waals surface area (Å²) < 4.78 is 16.4. The molecule has 3 rings (SSSR count).